The number of carbonyl (C=O) groups is 2. The zero-order chi connectivity index (χ0) is 18.0. The topological polar surface area (TPSA) is 46.6 Å². The number of hydrogen-bond donors (Lipinski definition) is 0. The van der Waals surface area contributed by atoms with E-state index >= 15 is 0 Å². The molecule has 0 aromatic heterocycles. The van der Waals surface area contributed by atoms with Crippen molar-refractivity contribution in [2.75, 3.05) is 7.11 Å². The highest BCUT2D eigenvalue weighted by atomic mass is 35.5. The molecule has 0 saturated carbocycles. The molecule has 0 radical (unpaired) electrons. The van der Waals surface area contributed by atoms with Gasteiger partial charge < -0.3 is 4.74 Å². The van der Waals surface area contributed by atoms with E-state index in [1.54, 1.807) is 31.4 Å². The maximum Gasteiger partial charge on any atom is 0.293 e. The molecule has 0 unspecified atom stereocenters. The Morgan fingerprint density at radius 3 is 2.72 bits per heavy atom. The Hall–Kier alpha value is -2.24. The molecule has 4 nitrogen and oxygen atoms in total. The van der Waals surface area contributed by atoms with Crippen LogP contribution >= 0.6 is 23.4 Å². The van der Waals surface area contributed by atoms with E-state index in [0.29, 0.717) is 9.93 Å². The summed E-state index contributed by atoms with van der Waals surface area (Å²) in [6, 6.07) is 12.8. The quantitative estimate of drug-likeness (QED) is 0.715. The van der Waals surface area contributed by atoms with Gasteiger partial charge in [0.05, 0.1) is 18.6 Å². The van der Waals surface area contributed by atoms with Gasteiger partial charge in [0.25, 0.3) is 11.1 Å². The minimum atomic E-state index is -0.297. The number of imide groups is 1. The number of aryl methyl sites for hydroxylation is 1. The van der Waals surface area contributed by atoms with E-state index in [4.69, 9.17) is 16.3 Å². The number of thioether (sulfide) groups is 1. The zero-order valence-corrected chi connectivity index (χ0v) is 15.4. The summed E-state index contributed by atoms with van der Waals surface area (Å²) in [5, 5.41) is 0.294. The predicted octanol–water partition coefficient (Wildman–Crippen LogP) is 4.89. The molecule has 0 spiro atoms. The molecular weight excluding hydrogens is 358 g/mol. The molecule has 1 heterocycles. The summed E-state index contributed by atoms with van der Waals surface area (Å²) < 4.78 is 5.30. The lowest BCUT2D eigenvalue weighted by Crippen LogP contribution is -2.27. The number of carbonyl (C=O) groups excluding carboxylic acids is 2. The third-order valence-corrected chi connectivity index (χ3v) is 4.98. The minimum absolute atomic E-state index is 0.208. The summed E-state index contributed by atoms with van der Waals surface area (Å²) >= 11 is 6.91. The monoisotopic (exact) mass is 373 g/mol. The molecule has 2 amide bonds. The van der Waals surface area contributed by atoms with Crippen LogP contribution in [0.3, 0.4) is 0 Å². The van der Waals surface area contributed by atoms with Gasteiger partial charge >= 0.3 is 0 Å². The summed E-state index contributed by atoms with van der Waals surface area (Å²) in [4.78, 5) is 26.4. The zero-order valence-electron chi connectivity index (χ0n) is 13.8. The number of amides is 2. The van der Waals surface area contributed by atoms with E-state index in [1.165, 1.54) is 4.90 Å². The second-order valence-corrected chi connectivity index (χ2v) is 7.06. The van der Waals surface area contributed by atoms with E-state index in [-0.39, 0.29) is 17.7 Å². The maximum absolute atomic E-state index is 12.6. The normalized spacial score (nSPS) is 16.0. The Labute approximate surface area is 155 Å². The first-order valence-corrected chi connectivity index (χ1v) is 8.82. The molecule has 6 heteroatoms. The fourth-order valence-corrected chi connectivity index (χ4v) is 3.58. The van der Waals surface area contributed by atoms with Gasteiger partial charge in [-0.3, -0.25) is 14.5 Å². The van der Waals surface area contributed by atoms with Gasteiger partial charge in [0.15, 0.2) is 0 Å². The SMILES string of the molecule is COc1cc(/C=C2\SC(=O)N(Cc3cccc(Cl)c3)C2=O)ccc1C. The number of hydrogen-bond acceptors (Lipinski definition) is 4. The molecule has 25 heavy (non-hydrogen) atoms. The molecule has 1 aliphatic heterocycles. The van der Waals surface area contributed by atoms with Crippen LogP contribution in [-0.4, -0.2) is 23.2 Å². The number of rotatable bonds is 4. The van der Waals surface area contributed by atoms with Crippen LogP contribution in [0.5, 0.6) is 5.75 Å². The van der Waals surface area contributed by atoms with E-state index in [0.717, 1.165) is 34.2 Å². The summed E-state index contributed by atoms with van der Waals surface area (Å²) in [5.74, 6) is 0.446. The summed E-state index contributed by atoms with van der Waals surface area (Å²) in [7, 11) is 1.60. The van der Waals surface area contributed by atoms with E-state index < -0.39 is 0 Å². The summed E-state index contributed by atoms with van der Waals surface area (Å²) in [6.45, 7) is 2.15. The van der Waals surface area contributed by atoms with Crippen LogP contribution in [0.15, 0.2) is 47.4 Å². The average molecular weight is 374 g/mol. The smallest absolute Gasteiger partial charge is 0.293 e. The van der Waals surface area contributed by atoms with Crippen molar-refractivity contribution in [3.05, 3.63) is 69.1 Å². The number of halogens is 1. The molecule has 1 fully saturated rings. The van der Waals surface area contributed by atoms with E-state index in [1.807, 2.05) is 31.2 Å². The summed E-state index contributed by atoms with van der Waals surface area (Å²) in [5.41, 5.74) is 2.64. The van der Waals surface area contributed by atoms with Gasteiger partial charge in [-0.15, -0.1) is 0 Å². The predicted molar refractivity (Wildman–Crippen MR) is 101 cm³/mol. The lowest BCUT2D eigenvalue weighted by molar-refractivity contribution is -0.123. The molecule has 2 aromatic carbocycles. The van der Waals surface area contributed by atoms with Crippen LogP contribution in [0.25, 0.3) is 6.08 Å². The van der Waals surface area contributed by atoms with Crippen LogP contribution in [0.4, 0.5) is 4.79 Å². The Kier molecular flexibility index (Phi) is 5.16. The number of nitrogens with zero attached hydrogens (tertiary/aromatic N) is 1. The van der Waals surface area contributed by atoms with Crippen molar-refractivity contribution in [2.45, 2.75) is 13.5 Å². The number of benzene rings is 2. The van der Waals surface area contributed by atoms with E-state index in [9.17, 15) is 9.59 Å². The van der Waals surface area contributed by atoms with Crippen LogP contribution in [-0.2, 0) is 11.3 Å². The van der Waals surface area contributed by atoms with Crippen molar-refractivity contribution in [3.8, 4) is 5.75 Å². The number of ether oxygens (including phenoxy) is 1. The molecule has 1 saturated heterocycles. The Morgan fingerprint density at radius 1 is 1.20 bits per heavy atom. The third kappa shape index (κ3) is 3.89. The van der Waals surface area contributed by atoms with Gasteiger partial charge in [-0.2, -0.15) is 0 Å². The van der Waals surface area contributed by atoms with Crippen molar-refractivity contribution in [1.29, 1.82) is 0 Å². The molecule has 0 N–H and O–H groups in total. The van der Waals surface area contributed by atoms with Gasteiger partial charge in [-0.05, 0) is 59.7 Å². The largest absolute Gasteiger partial charge is 0.496 e. The highest BCUT2D eigenvalue weighted by molar-refractivity contribution is 8.18. The van der Waals surface area contributed by atoms with Crippen LogP contribution < -0.4 is 4.74 Å². The third-order valence-electron chi connectivity index (χ3n) is 3.83. The molecule has 1 aliphatic rings. The van der Waals surface area contributed by atoms with Crippen LogP contribution in [0, 0.1) is 6.92 Å². The second kappa shape index (κ2) is 7.33. The van der Waals surface area contributed by atoms with Gasteiger partial charge in [-0.25, -0.2) is 0 Å². The van der Waals surface area contributed by atoms with Crippen molar-refractivity contribution < 1.29 is 14.3 Å². The molecule has 0 aliphatic carbocycles. The standard InChI is InChI=1S/C19H16ClNO3S/c1-12-6-7-13(9-16(12)24-2)10-17-18(22)21(19(23)25-17)11-14-4-3-5-15(20)8-14/h3-10H,11H2,1-2H3/b17-10-. The van der Waals surface area contributed by atoms with Gasteiger partial charge in [-0.1, -0.05) is 35.9 Å². The lowest BCUT2D eigenvalue weighted by Gasteiger charge is -2.12. The van der Waals surface area contributed by atoms with E-state index in [2.05, 4.69) is 0 Å². The Bertz CT molecular complexity index is 879. The second-order valence-electron chi connectivity index (χ2n) is 5.63. The fourth-order valence-electron chi connectivity index (χ4n) is 2.53. The molecule has 3 rings (SSSR count). The molecule has 2 aromatic rings. The summed E-state index contributed by atoms with van der Waals surface area (Å²) in [6.07, 6.45) is 1.71. The van der Waals surface area contributed by atoms with Gasteiger partial charge in [0, 0.05) is 5.02 Å². The Morgan fingerprint density at radius 2 is 2.00 bits per heavy atom. The molecule has 128 valence electrons. The molecular formula is C19H16ClNO3S. The lowest BCUT2D eigenvalue weighted by atomic mass is 10.1. The van der Waals surface area contributed by atoms with Crippen molar-refractivity contribution in [3.63, 3.8) is 0 Å². The number of methoxy groups -OCH3 is 1. The van der Waals surface area contributed by atoms with Gasteiger partial charge in [0.2, 0.25) is 0 Å². The van der Waals surface area contributed by atoms with Crippen molar-refractivity contribution in [1.82, 2.24) is 4.90 Å². The highest BCUT2D eigenvalue weighted by Crippen LogP contribution is 2.34. The highest BCUT2D eigenvalue weighted by Gasteiger charge is 2.35. The molecule has 0 atom stereocenters. The Balaban J connectivity index is 1.83. The van der Waals surface area contributed by atoms with Crippen molar-refractivity contribution in [2.24, 2.45) is 0 Å². The fraction of sp³-hybridized carbons (Fsp3) is 0.158. The first kappa shape index (κ1) is 17.6. The van der Waals surface area contributed by atoms with Crippen LogP contribution in [0.2, 0.25) is 5.02 Å². The first-order chi connectivity index (χ1) is 12.0. The van der Waals surface area contributed by atoms with Crippen molar-refractivity contribution >= 4 is 40.6 Å². The maximum atomic E-state index is 12.6. The average Bonchev–Trinajstić information content (AvgIpc) is 2.84. The molecule has 0 bridgehead atoms. The minimum Gasteiger partial charge on any atom is -0.496 e. The first-order valence-electron chi connectivity index (χ1n) is 7.62. The van der Waals surface area contributed by atoms with Gasteiger partial charge in [0.1, 0.15) is 5.75 Å². The van der Waals surface area contributed by atoms with Crippen LogP contribution in [0.1, 0.15) is 16.7 Å².